The number of aromatic nitrogens is 1. The van der Waals surface area contributed by atoms with Crippen molar-refractivity contribution in [3.63, 3.8) is 0 Å². The molecule has 1 N–H and O–H groups in total. The zero-order valence-corrected chi connectivity index (χ0v) is 13.6. The third-order valence-corrected chi connectivity index (χ3v) is 4.81. The molecule has 2 nitrogen and oxygen atoms in total. The highest BCUT2D eigenvalue weighted by atomic mass is 16.3. The molecule has 25 heavy (non-hydrogen) atoms. The van der Waals surface area contributed by atoms with Crippen molar-refractivity contribution in [1.82, 2.24) is 0 Å². The molecule has 2 heteroatoms. The van der Waals surface area contributed by atoms with Crippen LogP contribution in [0.2, 0.25) is 0 Å². The van der Waals surface area contributed by atoms with Crippen molar-refractivity contribution in [3.05, 3.63) is 102 Å². The number of fused-ring (bicyclic) bond motifs is 5. The van der Waals surface area contributed by atoms with E-state index in [1.807, 2.05) is 18.2 Å². The summed E-state index contributed by atoms with van der Waals surface area (Å²) in [6.07, 6.45) is 4.21. The Hall–Kier alpha value is -3.39. The number of phenols is 1. The number of aromatic hydroxyl groups is 1. The van der Waals surface area contributed by atoms with E-state index >= 15 is 0 Å². The second kappa shape index (κ2) is 5.32. The molecule has 0 aliphatic carbocycles. The summed E-state index contributed by atoms with van der Waals surface area (Å²) >= 11 is 0. The highest BCUT2D eigenvalue weighted by Gasteiger charge is 2.33. The molecule has 118 valence electrons. The Morgan fingerprint density at radius 1 is 0.760 bits per heavy atom. The van der Waals surface area contributed by atoms with Crippen LogP contribution >= 0.6 is 0 Å². The predicted molar refractivity (Wildman–Crippen MR) is 101 cm³/mol. The summed E-state index contributed by atoms with van der Waals surface area (Å²) in [7, 11) is 0. The molecule has 0 saturated heterocycles. The van der Waals surface area contributed by atoms with Crippen molar-refractivity contribution in [1.29, 1.82) is 0 Å². The van der Waals surface area contributed by atoms with Gasteiger partial charge in [-0.15, -0.1) is 0 Å². The van der Waals surface area contributed by atoms with Gasteiger partial charge in [-0.2, -0.15) is 4.57 Å². The molecular weight excluding hydrogens is 306 g/mol. The summed E-state index contributed by atoms with van der Waals surface area (Å²) in [5.41, 5.74) is 5.48. The number of para-hydroxylation sites is 2. The number of hydrogen-bond donors (Lipinski definition) is 1. The number of phenolic OH excluding ortho intramolecular Hbond substituents is 1. The maximum atomic E-state index is 10.2. The minimum absolute atomic E-state index is 0.297. The van der Waals surface area contributed by atoms with Crippen LogP contribution in [0.3, 0.4) is 0 Å². The second-order valence-corrected chi connectivity index (χ2v) is 6.26. The van der Waals surface area contributed by atoms with E-state index in [1.165, 1.54) is 27.7 Å². The number of pyridine rings is 1. The topological polar surface area (TPSA) is 24.1 Å². The van der Waals surface area contributed by atoms with Crippen LogP contribution in [0.5, 0.6) is 5.75 Å². The predicted octanol–water partition coefficient (Wildman–Crippen LogP) is 4.72. The standard InChI is InChI=1S/C23H15NO/c25-22-12-6-2-8-17(22)15-20-19-10-4-5-11-21(19)24-14-13-16-7-1-3-9-18(16)23(20)24/h1-15H/p+1. The molecule has 0 amide bonds. The Bertz CT molecular complexity index is 1160. The van der Waals surface area contributed by atoms with Crippen LogP contribution in [-0.2, 0) is 0 Å². The first-order valence-corrected chi connectivity index (χ1v) is 8.36. The third-order valence-electron chi connectivity index (χ3n) is 4.81. The van der Waals surface area contributed by atoms with Crippen LogP contribution in [0.4, 0.5) is 0 Å². The summed E-state index contributed by atoms with van der Waals surface area (Å²) < 4.78 is 2.24. The maximum Gasteiger partial charge on any atom is 0.227 e. The van der Waals surface area contributed by atoms with Crippen molar-refractivity contribution < 1.29 is 9.67 Å². The quantitative estimate of drug-likeness (QED) is 0.443. The van der Waals surface area contributed by atoms with Crippen molar-refractivity contribution in [2.75, 3.05) is 0 Å². The zero-order chi connectivity index (χ0) is 16.8. The summed E-state index contributed by atoms with van der Waals surface area (Å²) in [5.74, 6) is 0.297. The Kier molecular flexibility index (Phi) is 2.98. The fraction of sp³-hybridized carbons (Fsp3) is 0. The van der Waals surface area contributed by atoms with E-state index in [4.69, 9.17) is 0 Å². The van der Waals surface area contributed by atoms with Crippen molar-refractivity contribution in [3.8, 4) is 11.4 Å². The largest absolute Gasteiger partial charge is 0.507 e. The van der Waals surface area contributed by atoms with Crippen LogP contribution in [0.15, 0.2) is 85.1 Å². The molecule has 0 fully saturated rings. The molecule has 0 atom stereocenters. The number of benzene rings is 3. The molecule has 1 aliphatic rings. The van der Waals surface area contributed by atoms with Gasteiger partial charge in [0.1, 0.15) is 5.75 Å². The van der Waals surface area contributed by atoms with Gasteiger partial charge in [0.05, 0.1) is 16.5 Å². The lowest BCUT2D eigenvalue weighted by Gasteiger charge is -2.03. The zero-order valence-electron chi connectivity index (χ0n) is 13.6. The van der Waals surface area contributed by atoms with Crippen LogP contribution in [0.25, 0.3) is 28.1 Å². The van der Waals surface area contributed by atoms with Crippen molar-refractivity contribution in [2.24, 2.45) is 0 Å². The van der Waals surface area contributed by atoms with Gasteiger partial charge in [0.25, 0.3) is 0 Å². The summed E-state index contributed by atoms with van der Waals surface area (Å²) in [6, 6.07) is 26.5. The number of hydrogen-bond acceptors (Lipinski definition) is 1. The number of nitrogens with zero attached hydrogens (tertiary/aromatic N) is 1. The fourth-order valence-electron chi connectivity index (χ4n) is 3.64. The Morgan fingerprint density at radius 2 is 1.52 bits per heavy atom. The summed E-state index contributed by atoms with van der Waals surface area (Å²) in [4.78, 5) is 0. The highest BCUT2D eigenvalue weighted by Crippen LogP contribution is 2.37. The van der Waals surface area contributed by atoms with Gasteiger partial charge in [0.15, 0.2) is 6.20 Å². The van der Waals surface area contributed by atoms with E-state index in [-0.39, 0.29) is 0 Å². The lowest BCUT2D eigenvalue weighted by atomic mass is 9.98. The lowest BCUT2D eigenvalue weighted by Crippen LogP contribution is -2.30. The minimum Gasteiger partial charge on any atom is -0.507 e. The van der Waals surface area contributed by atoms with Gasteiger partial charge in [0.2, 0.25) is 11.4 Å². The molecule has 1 aromatic heterocycles. The molecule has 1 aliphatic heterocycles. The van der Waals surface area contributed by atoms with Crippen LogP contribution in [-0.4, -0.2) is 5.11 Å². The summed E-state index contributed by atoms with van der Waals surface area (Å²) in [5, 5.41) is 12.7. The second-order valence-electron chi connectivity index (χ2n) is 6.26. The van der Waals surface area contributed by atoms with Gasteiger partial charge in [-0.25, -0.2) is 0 Å². The Labute approximate surface area is 145 Å². The van der Waals surface area contributed by atoms with E-state index in [9.17, 15) is 5.11 Å². The van der Waals surface area contributed by atoms with Gasteiger partial charge in [-0.05, 0) is 29.7 Å². The minimum atomic E-state index is 0.297. The first kappa shape index (κ1) is 14.0. The lowest BCUT2D eigenvalue weighted by molar-refractivity contribution is -0.592. The smallest absolute Gasteiger partial charge is 0.227 e. The van der Waals surface area contributed by atoms with Crippen LogP contribution in [0, 0.1) is 0 Å². The normalized spacial score (nSPS) is 13.8. The van der Waals surface area contributed by atoms with Gasteiger partial charge in [-0.3, -0.25) is 0 Å². The Morgan fingerprint density at radius 3 is 2.44 bits per heavy atom. The molecule has 5 rings (SSSR count). The monoisotopic (exact) mass is 322 g/mol. The van der Waals surface area contributed by atoms with E-state index < -0.39 is 0 Å². The molecule has 2 heterocycles. The van der Waals surface area contributed by atoms with E-state index in [0.717, 1.165) is 11.1 Å². The SMILES string of the molecule is Oc1ccccc1/C=C1\c2ccccc2-[n+]2ccc3ccccc3c21. The van der Waals surface area contributed by atoms with E-state index in [1.54, 1.807) is 6.07 Å². The van der Waals surface area contributed by atoms with Gasteiger partial charge in [0, 0.05) is 17.7 Å². The average Bonchev–Trinajstić information content (AvgIpc) is 2.98. The summed E-state index contributed by atoms with van der Waals surface area (Å²) in [6.45, 7) is 0. The van der Waals surface area contributed by atoms with Crippen molar-refractivity contribution >= 4 is 22.4 Å². The van der Waals surface area contributed by atoms with Gasteiger partial charge >= 0.3 is 0 Å². The molecule has 0 radical (unpaired) electrons. The Balaban J connectivity index is 1.89. The van der Waals surface area contributed by atoms with Crippen molar-refractivity contribution in [2.45, 2.75) is 0 Å². The first-order chi connectivity index (χ1) is 12.3. The van der Waals surface area contributed by atoms with Crippen LogP contribution in [0.1, 0.15) is 16.8 Å². The third kappa shape index (κ3) is 2.08. The first-order valence-electron chi connectivity index (χ1n) is 8.36. The fourth-order valence-corrected chi connectivity index (χ4v) is 3.64. The maximum absolute atomic E-state index is 10.2. The number of rotatable bonds is 1. The van der Waals surface area contributed by atoms with E-state index in [2.05, 4.69) is 71.4 Å². The van der Waals surface area contributed by atoms with Crippen LogP contribution < -0.4 is 4.57 Å². The molecule has 0 saturated carbocycles. The van der Waals surface area contributed by atoms with Gasteiger partial charge < -0.3 is 5.11 Å². The molecule has 3 aromatic carbocycles. The molecule has 0 bridgehead atoms. The highest BCUT2D eigenvalue weighted by molar-refractivity contribution is 6.02. The van der Waals surface area contributed by atoms with Gasteiger partial charge in [-0.1, -0.05) is 48.5 Å². The average molecular weight is 322 g/mol. The molecule has 0 spiro atoms. The molecular formula is C23H16NO+. The molecule has 4 aromatic rings. The molecule has 0 unspecified atom stereocenters. The van der Waals surface area contributed by atoms with E-state index in [0.29, 0.717) is 5.75 Å².